The number of hydrogen-bond acceptors (Lipinski definition) is 1. The first-order valence-corrected chi connectivity index (χ1v) is 4.62. The molecule has 0 N–H and O–H groups in total. The number of pyridine rings is 1. The lowest BCUT2D eigenvalue weighted by Crippen LogP contribution is -1.84. The summed E-state index contributed by atoms with van der Waals surface area (Å²) < 4.78 is 2.07. The van der Waals surface area contributed by atoms with Crippen LogP contribution in [-0.4, -0.2) is 9.38 Å². The molecule has 0 aliphatic carbocycles. The van der Waals surface area contributed by atoms with Crippen LogP contribution in [0.4, 0.5) is 0 Å². The summed E-state index contributed by atoms with van der Waals surface area (Å²) >= 11 is 0. The summed E-state index contributed by atoms with van der Waals surface area (Å²) in [4.78, 5) is 4.54. The molecule has 0 unspecified atom stereocenters. The average molecular weight is 174 g/mol. The minimum Gasteiger partial charge on any atom is -0.307 e. The van der Waals surface area contributed by atoms with E-state index in [0.29, 0.717) is 5.92 Å². The fourth-order valence-corrected chi connectivity index (χ4v) is 1.38. The maximum atomic E-state index is 4.54. The van der Waals surface area contributed by atoms with Crippen molar-refractivity contribution in [3.05, 3.63) is 35.8 Å². The molecule has 2 aromatic rings. The van der Waals surface area contributed by atoms with Crippen LogP contribution in [0.5, 0.6) is 0 Å². The van der Waals surface area contributed by atoms with E-state index in [2.05, 4.69) is 54.7 Å². The quantitative estimate of drug-likeness (QED) is 0.649. The third-order valence-corrected chi connectivity index (χ3v) is 2.23. The van der Waals surface area contributed by atoms with E-state index in [1.165, 1.54) is 5.56 Å². The van der Waals surface area contributed by atoms with E-state index in [-0.39, 0.29) is 0 Å². The van der Waals surface area contributed by atoms with Crippen LogP contribution in [0, 0.1) is 6.92 Å². The Morgan fingerprint density at radius 1 is 1.38 bits per heavy atom. The lowest BCUT2D eigenvalue weighted by molar-refractivity contribution is 0.834. The monoisotopic (exact) mass is 174 g/mol. The summed E-state index contributed by atoms with van der Waals surface area (Å²) in [6.45, 7) is 6.41. The lowest BCUT2D eigenvalue weighted by Gasteiger charge is -1.94. The molecule has 0 aliphatic rings. The third-order valence-electron chi connectivity index (χ3n) is 2.23. The van der Waals surface area contributed by atoms with Gasteiger partial charge in [0.05, 0.1) is 5.69 Å². The number of aryl methyl sites for hydroxylation is 1. The van der Waals surface area contributed by atoms with Gasteiger partial charge in [-0.1, -0.05) is 13.8 Å². The van der Waals surface area contributed by atoms with Gasteiger partial charge in [0.25, 0.3) is 0 Å². The normalized spacial score (nSPS) is 11.4. The highest BCUT2D eigenvalue weighted by Crippen LogP contribution is 2.14. The van der Waals surface area contributed by atoms with Gasteiger partial charge in [0.1, 0.15) is 5.65 Å². The summed E-state index contributed by atoms with van der Waals surface area (Å²) in [7, 11) is 0. The Morgan fingerprint density at radius 3 is 2.85 bits per heavy atom. The van der Waals surface area contributed by atoms with E-state index in [9.17, 15) is 0 Å². The van der Waals surface area contributed by atoms with Crippen LogP contribution in [0.25, 0.3) is 5.65 Å². The Kier molecular flexibility index (Phi) is 1.83. The van der Waals surface area contributed by atoms with Gasteiger partial charge in [-0.2, -0.15) is 0 Å². The molecule has 0 radical (unpaired) electrons. The maximum absolute atomic E-state index is 4.54. The molecule has 0 aliphatic heterocycles. The molecule has 0 aromatic carbocycles. The second-order valence-electron chi connectivity index (χ2n) is 3.79. The Morgan fingerprint density at radius 2 is 2.15 bits per heavy atom. The van der Waals surface area contributed by atoms with Crippen molar-refractivity contribution in [2.24, 2.45) is 0 Å². The van der Waals surface area contributed by atoms with E-state index in [0.717, 1.165) is 11.3 Å². The molecule has 2 heteroatoms. The largest absolute Gasteiger partial charge is 0.307 e. The van der Waals surface area contributed by atoms with Crippen LogP contribution in [0.2, 0.25) is 0 Å². The highest BCUT2D eigenvalue weighted by molar-refractivity contribution is 5.42. The molecule has 0 atom stereocenters. The number of rotatable bonds is 1. The standard InChI is InChI=1S/C11H14N2/c1-8(2)10-7-13-5-4-9(3)6-11(13)12-10/h4-8H,1-3H3. The van der Waals surface area contributed by atoms with Crippen molar-refractivity contribution in [2.45, 2.75) is 26.7 Å². The second kappa shape index (κ2) is 2.87. The minimum absolute atomic E-state index is 0.500. The molecule has 0 bridgehead atoms. The Balaban J connectivity index is 2.62. The van der Waals surface area contributed by atoms with Gasteiger partial charge in [-0.25, -0.2) is 4.98 Å². The van der Waals surface area contributed by atoms with Gasteiger partial charge < -0.3 is 4.40 Å². The van der Waals surface area contributed by atoms with Crippen LogP contribution >= 0.6 is 0 Å². The van der Waals surface area contributed by atoms with Gasteiger partial charge in [0.15, 0.2) is 0 Å². The molecule has 2 heterocycles. The Hall–Kier alpha value is -1.31. The molecule has 0 saturated carbocycles. The predicted octanol–water partition coefficient (Wildman–Crippen LogP) is 2.77. The van der Waals surface area contributed by atoms with Gasteiger partial charge in [0, 0.05) is 12.4 Å². The third kappa shape index (κ3) is 1.44. The van der Waals surface area contributed by atoms with Crippen LogP contribution in [-0.2, 0) is 0 Å². The van der Waals surface area contributed by atoms with Crippen LogP contribution in [0.3, 0.4) is 0 Å². The number of hydrogen-bond donors (Lipinski definition) is 0. The average Bonchev–Trinajstić information content (AvgIpc) is 2.46. The fourth-order valence-electron chi connectivity index (χ4n) is 1.38. The van der Waals surface area contributed by atoms with Gasteiger partial charge in [-0.3, -0.25) is 0 Å². The number of nitrogens with zero attached hydrogens (tertiary/aromatic N) is 2. The van der Waals surface area contributed by atoms with Crippen molar-refractivity contribution in [1.82, 2.24) is 9.38 Å². The van der Waals surface area contributed by atoms with Crippen molar-refractivity contribution in [3.63, 3.8) is 0 Å². The van der Waals surface area contributed by atoms with E-state index >= 15 is 0 Å². The Labute approximate surface area is 78.2 Å². The molecular weight excluding hydrogens is 160 g/mol. The molecule has 2 aromatic heterocycles. The molecule has 68 valence electrons. The second-order valence-corrected chi connectivity index (χ2v) is 3.79. The summed E-state index contributed by atoms with van der Waals surface area (Å²) in [5.41, 5.74) is 3.46. The first-order valence-electron chi connectivity index (χ1n) is 4.62. The van der Waals surface area contributed by atoms with Gasteiger partial charge in [-0.15, -0.1) is 0 Å². The molecule has 0 amide bonds. The minimum atomic E-state index is 0.500. The Bertz CT molecular complexity index is 427. The fraction of sp³-hybridized carbons (Fsp3) is 0.364. The van der Waals surface area contributed by atoms with Crippen molar-refractivity contribution >= 4 is 5.65 Å². The van der Waals surface area contributed by atoms with Crippen molar-refractivity contribution in [2.75, 3.05) is 0 Å². The molecule has 2 rings (SSSR count). The molecular formula is C11H14N2. The highest BCUT2D eigenvalue weighted by Gasteiger charge is 2.04. The highest BCUT2D eigenvalue weighted by atomic mass is 15.0. The van der Waals surface area contributed by atoms with E-state index in [1.54, 1.807) is 0 Å². The number of fused-ring (bicyclic) bond motifs is 1. The zero-order valence-electron chi connectivity index (χ0n) is 8.28. The zero-order valence-corrected chi connectivity index (χ0v) is 8.28. The van der Waals surface area contributed by atoms with Gasteiger partial charge in [-0.05, 0) is 30.5 Å². The smallest absolute Gasteiger partial charge is 0.137 e. The lowest BCUT2D eigenvalue weighted by atomic mass is 10.2. The van der Waals surface area contributed by atoms with Crippen molar-refractivity contribution < 1.29 is 0 Å². The van der Waals surface area contributed by atoms with Crippen LogP contribution in [0.15, 0.2) is 24.5 Å². The molecule has 0 fully saturated rings. The number of aromatic nitrogens is 2. The van der Waals surface area contributed by atoms with Gasteiger partial charge in [0.2, 0.25) is 0 Å². The van der Waals surface area contributed by atoms with Crippen LogP contribution in [0.1, 0.15) is 31.0 Å². The van der Waals surface area contributed by atoms with Crippen LogP contribution < -0.4 is 0 Å². The topological polar surface area (TPSA) is 17.3 Å². The molecule has 2 nitrogen and oxygen atoms in total. The van der Waals surface area contributed by atoms with E-state index in [4.69, 9.17) is 0 Å². The van der Waals surface area contributed by atoms with Crippen molar-refractivity contribution in [3.8, 4) is 0 Å². The summed E-state index contributed by atoms with van der Waals surface area (Å²) in [6, 6.07) is 4.20. The SMILES string of the molecule is Cc1ccn2cc(C(C)C)nc2c1. The molecule has 0 saturated heterocycles. The first kappa shape index (κ1) is 8.30. The number of imidazole rings is 1. The van der Waals surface area contributed by atoms with E-state index in [1.807, 2.05) is 0 Å². The molecule has 0 spiro atoms. The molecule has 13 heavy (non-hydrogen) atoms. The van der Waals surface area contributed by atoms with Gasteiger partial charge >= 0.3 is 0 Å². The zero-order chi connectivity index (χ0) is 9.42. The van der Waals surface area contributed by atoms with Crippen molar-refractivity contribution in [1.29, 1.82) is 0 Å². The summed E-state index contributed by atoms with van der Waals surface area (Å²) in [5, 5.41) is 0. The first-order chi connectivity index (χ1) is 6.16. The summed E-state index contributed by atoms with van der Waals surface area (Å²) in [5.74, 6) is 0.500. The maximum Gasteiger partial charge on any atom is 0.137 e. The predicted molar refractivity (Wildman–Crippen MR) is 54.0 cm³/mol. The van der Waals surface area contributed by atoms with E-state index < -0.39 is 0 Å². The summed E-state index contributed by atoms with van der Waals surface area (Å²) in [6.07, 6.45) is 4.16.